The van der Waals surface area contributed by atoms with Gasteiger partial charge in [0.2, 0.25) is 16.9 Å². The molecule has 7 nitrogen and oxygen atoms in total. The summed E-state index contributed by atoms with van der Waals surface area (Å²) in [6, 6.07) is 6.65. The summed E-state index contributed by atoms with van der Waals surface area (Å²) in [6.07, 6.45) is 0.229. The van der Waals surface area contributed by atoms with Gasteiger partial charge in [-0.2, -0.15) is 0 Å². The van der Waals surface area contributed by atoms with E-state index in [1.807, 2.05) is 25.7 Å². The third-order valence-corrected chi connectivity index (χ3v) is 5.97. The molecular weight excluding hydrogens is 393 g/mol. The monoisotopic (exact) mass is 419 g/mol. The zero-order chi connectivity index (χ0) is 21.0. The number of nitrogens with zero attached hydrogens (tertiary/aromatic N) is 4. The molecule has 156 valence electrons. The standard InChI is InChI=1S/C20H26FN5O2S/c1-20(2,3)18-23-24-19(29-18)22-16(27)8-9-17(28)26-12-10-25(11-13-26)15-7-5-4-6-14(15)21/h4-7H,8-13H2,1-3H3,(H,22,24,27). The SMILES string of the molecule is CC(C)(C)c1nnc(NC(=O)CCC(=O)N2CCN(c3ccccc3F)CC2)s1. The van der Waals surface area contributed by atoms with Crippen LogP contribution in [0, 0.1) is 5.82 Å². The molecule has 3 rings (SSSR count). The topological polar surface area (TPSA) is 78.4 Å². The molecule has 0 unspecified atom stereocenters. The minimum Gasteiger partial charge on any atom is -0.366 e. The van der Waals surface area contributed by atoms with E-state index in [1.165, 1.54) is 17.4 Å². The molecule has 0 saturated carbocycles. The number of para-hydroxylation sites is 1. The van der Waals surface area contributed by atoms with Crippen molar-refractivity contribution >= 4 is 34.0 Å². The van der Waals surface area contributed by atoms with Crippen molar-refractivity contribution < 1.29 is 14.0 Å². The number of carbonyl (C=O) groups excluding carboxylic acids is 2. The summed E-state index contributed by atoms with van der Waals surface area (Å²) in [4.78, 5) is 28.2. The molecule has 0 bridgehead atoms. The second kappa shape index (κ2) is 8.86. The van der Waals surface area contributed by atoms with Gasteiger partial charge in [-0.05, 0) is 12.1 Å². The number of halogens is 1. The molecular formula is C20H26FN5O2S. The minimum atomic E-state index is -0.254. The maximum absolute atomic E-state index is 13.9. The number of aromatic nitrogens is 2. The first kappa shape index (κ1) is 21.2. The van der Waals surface area contributed by atoms with Crippen LogP contribution in [0.1, 0.15) is 38.6 Å². The molecule has 2 heterocycles. The van der Waals surface area contributed by atoms with E-state index in [1.54, 1.807) is 23.1 Å². The largest absolute Gasteiger partial charge is 0.366 e. The second-order valence-electron chi connectivity index (χ2n) is 8.03. The maximum Gasteiger partial charge on any atom is 0.226 e. The van der Waals surface area contributed by atoms with Crippen LogP contribution in [0.15, 0.2) is 24.3 Å². The molecule has 0 atom stereocenters. The molecule has 1 aliphatic rings. The Morgan fingerprint density at radius 1 is 1.10 bits per heavy atom. The first-order valence-corrected chi connectivity index (χ1v) is 10.5. The quantitative estimate of drug-likeness (QED) is 0.806. The molecule has 1 fully saturated rings. The first-order valence-electron chi connectivity index (χ1n) is 9.65. The van der Waals surface area contributed by atoms with E-state index in [0.29, 0.717) is 37.0 Å². The van der Waals surface area contributed by atoms with Crippen molar-refractivity contribution in [1.82, 2.24) is 15.1 Å². The van der Waals surface area contributed by atoms with E-state index in [4.69, 9.17) is 0 Å². The molecule has 2 amide bonds. The summed E-state index contributed by atoms with van der Waals surface area (Å²) in [6.45, 7) is 8.26. The van der Waals surface area contributed by atoms with Gasteiger partial charge in [-0.1, -0.05) is 44.2 Å². The highest BCUT2D eigenvalue weighted by molar-refractivity contribution is 7.15. The summed E-state index contributed by atoms with van der Waals surface area (Å²) in [5.74, 6) is -0.573. The average molecular weight is 420 g/mol. The van der Waals surface area contributed by atoms with Crippen LogP contribution in [0.4, 0.5) is 15.2 Å². The molecule has 1 N–H and O–H groups in total. The van der Waals surface area contributed by atoms with Gasteiger partial charge in [-0.3, -0.25) is 9.59 Å². The summed E-state index contributed by atoms with van der Waals surface area (Å²) in [7, 11) is 0. The Morgan fingerprint density at radius 2 is 1.79 bits per heavy atom. The summed E-state index contributed by atoms with van der Waals surface area (Å²) >= 11 is 1.34. The zero-order valence-electron chi connectivity index (χ0n) is 16.9. The Hall–Kier alpha value is -2.55. The Morgan fingerprint density at radius 3 is 2.41 bits per heavy atom. The number of hydrogen-bond acceptors (Lipinski definition) is 6. The molecule has 1 saturated heterocycles. The lowest BCUT2D eigenvalue weighted by Gasteiger charge is -2.36. The normalized spacial score (nSPS) is 14.8. The van der Waals surface area contributed by atoms with E-state index in [2.05, 4.69) is 15.5 Å². The van der Waals surface area contributed by atoms with Crippen molar-refractivity contribution in [2.24, 2.45) is 0 Å². The van der Waals surface area contributed by atoms with Crippen molar-refractivity contribution in [1.29, 1.82) is 0 Å². The van der Waals surface area contributed by atoms with E-state index >= 15 is 0 Å². The number of rotatable bonds is 5. The van der Waals surface area contributed by atoms with Gasteiger partial charge in [0, 0.05) is 44.4 Å². The number of benzene rings is 1. The van der Waals surface area contributed by atoms with E-state index < -0.39 is 0 Å². The van der Waals surface area contributed by atoms with Crippen molar-refractivity contribution in [3.8, 4) is 0 Å². The van der Waals surface area contributed by atoms with Crippen molar-refractivity contribution in [2.75, 3.05) is 36.4 Å². The van der Waals surface area contributed by atoms with E-state index in [-0.39, 0.29) is 35.9 Å². The van der Waals surface area contributed by atoms with Crippen molar-refractivity contribution in [2.45, 2.75) is 39.0 Å². The summed E-state index contributed by atoms with van der Waals surface area (Å²) in [5, 5.41) is 12.1. The summed E-state index contributed by atoms with van der Waals surface area (Å²) in [5.41, 5.74) is 0.437. The Labute approximate surface area is 173 Å². The Bertz CT molecular complexity index is 872. The highest BCUT2D eigenvalue weighted by Gasteiger charge is 2.24. The second-order valence-corrected chi connectivity index (χ2v) is 9.01. The fraction of sp³-hybridized carbons (Fsp3) is 0.500. The number of hydrogen-bond donors (Lipinski definition) is 1. The van der Waals surface area contributed by atoms with E-state index in [0.717, 1.165) is 5.01 Å². The van der Waals surface area contributed by atoms with Gasteiger partial charge in [0.25, 0.3) is 0 Å². The van der Waals surface area contributed by atoms with Gasteiger partial charge in [-0.25, -0.2) is 4.39 Å². The highest BCUT2D eigenvalue weighted by atomic mass is 32.1. The molecule has 0 spiro atoms. The molecule has 1 aromatic heterocycles. The number of anilines is 2. The smallest absolute Gasteiger partial charge is 0.226 e. The molecule has 0 radical (unpaired) electrons. The average Bonchev–Trinajstić information content (AvgIpc) is 3.16. The van der Waals surface area contributed by atoms with Gasteiger partial charge in [0.1, 0.15) is 10.8 Å². The minimum absolute atomic E-state index is 0.0685. The van der Waals surface area contributed by atoms with Crippen molar-refractivity contribution in [3.63, 3.8) is 0 Å². The number of nitrogens with one attached hydrogen (secondary N) is 1. The van der Waals surface area contributed by atoms with Gasteiger partial charge in [-0.15, -0.1) is 10.2 Å². The van der Waals surface area contributed by atoms with Crippen LogP contribution in [0.3, 0.4) is 0 Å². The third kappa shape index (κ3) is 5.50. The predicted molar refractivity (Wildman–Crippen MR) is 112 cm³/mol. The predicted octanol–water partition coefficient (Wildman–Crippen LogP) is 3.04. The summed E-state index contributed by atoms with van der Waals surface area (Å²) < 4.78 is 13.9. The highest BCUT2D eigenvalue weighted by Crippen LogP contribution is 2.27. The fourth-order valence-corrected chi connectivity index (χ4v) is 3.86. The van der Waals surface area contributed by atoms with Crippen LogP contribution >= 0.6 is 11.3 Å². The number of amides is 2. The Kier molecular flexibility index (Phi) is 6.46. The molecule has 1 aromatic carbocycles. The van der Waals surface area contributed by atoms with E-state index in [9.17, 15) is 14.0 Å². The Balaban J connectivity index is 1.43. The molecule has 1 aliphatic heterocycles. The zero-order valence-corrected chi connectivity index (χ0v) is 17.8. The van der Waals surface area contributed by atoms with Crippen LogP contribution < -0.4 is 10.2 Å². The lowest BCUT2D eigenvalue weighted by atomic mass is 9.98. The molecule has 29 heavy (non-hydrogen) atoms. The maximum atomic E-state index is 13.9. The van der Waals surface area contributed by atoms with Gasteiger partial charge >= 0.3 is 0 Å². The van der Waals surface area contributed by atoms with Crippen LogP contribution in [0.5, 0.6) is 0 Å². The number of carbonyl (C=O) groups is 2. The third-order valence-electron chi connectivity index (χ3n) is 4.70. The van der Waals surface area contributed by atoms with Crippen molar-refractivity contribution in [3.05, 3.63) is 35.1 Å². The van der Waals surface area contributed by atoms with Crippen LogP contribution in [-0.4, -0.2) is 53.1 Å². The van der Waals surface area contributed by atoms with Crippen LogP contribution in [0.2, 0.25) is 0 Å². The van der Waals surface area contributed by atoms with Gasteiger partial charge in [0.05, 0.1) is 5.69 Å². The number of piperazine rings is 1. The lowest BCUT2D eigenvalue weighted by Crippen LogP contribution is -2.49. The van der Waals surface area contributed by atoms with Gasteiger partial charge in [0.15, 0.2) is 0 Å². The van der Waals surface area contributed by atoms with Gasteiger partial charge < -0.3 is 15.1 Å². The molecule has 2 aromatic rings. The van der Waals surface area contributed by atoms with Crippen LogP contribution in [-0.2, 0) is 15.0 Å². The lowest BCUT2D eigenvalue weighted by molar-refractivity contribution is -0.133. The molecule has 9 heteroatoms. The fourth-order valence-electron chi connectivity index (χ4n) is 3.04. The first-order chi connectivity index (χ1) is 13.7. The molecule has 0 aliphatic carbocycles. The van der Waals surface area contributed by atoms with Crippen LogP contribution in [0.25, 0.3) is 0 Å².